The molecule has 1 aromatic carbocycles. The number of rotatable bonds is 1. The molecule has 2 N–H and O–H groups in total. The maximum absolute atomic E-state index is 5.49. The van der Waals surface area contributed by atoms with Crippen LogP contribution >= 0.6 is 0 Å². The van der Waals surface area contributed by atoms with Crippen molar-refractivity contribution in [2.75, 3.05) is 12.8 Å². The van der Waals surface area contributed by atoms with Crippen LogP contribution in [0.5, 0.6) is 5.75 Å². The summed E-state index contributed by atoms with van der Waals surface area (Å²) < 4.78 is 10.3. The van der Waals surface area contributed by atoms with Crippen molar-refractivity contribution < 1.29 is 9.15 Å². The number of ether oxygens (including phenoxy) is 1. The van der Waals surface area contributed by atoms with Crippen molar-refractivity contribution in [1.29, 1.82) is 0 Å². The third-order valence-electron chi connectivity index (χ3n) is 1.75. The molecule has 0 radical (unpaired) electrons. The van der Waals surface area contributed by atoms with Crippen molar-refractivity contribution in [2.24, 2.45) is 0 Å². The maximum Gasteiger partial charge on any atom is 0.191 e. The van der Waals surface area contributed by atoms with Crippen molar-refractivity contribution in [3.05, 3.63) is 24.3 Å². The second-order valence-electron chi connectivity index (χ2n) is 2.53. The van der Waals surface area contributed by atoms with Crippen molar-refractivity contribution in [3.63, 3.8) is 0 Å². The molecule has 2 aromatic rings. The van der Waals surface area contributed by atoms with Gasteiger partial charge < -0.3 is 14.9 Å². The van der Waals surface area contributed by atoms with Gasteiger partial charge in [0.1, 0.15) is 0 Å². The first kappa shape index (κ1) is 7.03. The molecule has 0 aliphatic rings. The Bertz CT molecular complexity index is 406. The van der Waals surface area contributed by atoms with Gasteiger partial charge in [-0.25, -0.2) is 0 Å². The molecule has 0 atom stereocenters. The quantitative estimate of drug-likeness (QED) is 0.699. The zero-order valence-corrected chi connectivity index (χ0v) is 6.70. The van der Waals surface area contributed by atoms with E-state index in [1.165, 1.54) is 0 Å². The summed E-state index contributed by atoms with van der Waals surface area (Å²) in [7, 11) is 1.60. The Kier molecular flexibility index (Phi) is 1.43. The van der Waals surface area contributed by atoms with E-state index in [0.29, 0.717) is 17.2 Å². The molecule has 12 heavy (non-hydrogen) atoms. The molecule has 3 nitrogen and oxygen atoms in total. The molecule has 0 spiro atoms. The summed E-state index contributed by atoms with van der Waals surface area (Å²) in [4.78, 5) is 0. The lowest BCUT2D eigenvalue weighted by Crippen LogP contribution is -1.81. The van der Waals surface area contributed by atoms with Crippen LogP contribution in [-0.4, -0.2) is 7.11 Å². The van der Waals surface area contributed by atoms with Crippen LogP contribution in [0.15, 0.2) is 28.7 Å². The van der Waals surface area contributed by atoms with E-state index in [0.717, 1.165) is 5.39 Å². The van der Waals surface area contributed by atoms with Crippen molar-refractivity contribution in [1.82, 2.24) is 0 Å². The van der Waals surface area contributed by atoms with Crippen LogP contribution in [0.4, 0.5) is 5.88 Å². The van der Waals surface area contributed by atoms with Gasteiger partial charge in [-0.15, -0.1) is 0 Å². The number of fused-ring (bicyclic) bond motifs is 1. The monoisotopic (exact) mass is 163 g/mol. The third-order valence-corrected chi connectivity index (χ3v) is 1.75. The summed E-state index contributed by atoms with van der Waals surface area (Å²) >= 11 is 0. The first-order valence-electron chi connectivity index (χ1n) is 3.63. The van der Waals surface area contributed by atoms with Crippen LogP contribution < -0.4 is 10.5 Å². The van der Waals surface area contributed by atoms with Crippen LogP contribution in [-0.2, 0) is 0 Å². The van der Waals surface area contributed by atoms with E-state index in [4.69, 9.17) is 14.9 Å². The van der Waals surface area contributed by atoms with Gasteiger partial charge in [0.2, 0.25) is 0 Å². The summed E-state index contributed by atoms with van der Waals surface area (Å²) in [5, 5.41) is 0.965. The van der Waals surface area contributed by atoms with Gasteiger partial charge in [-0.1, -0.05) is 12.1 Å². The van der Waals surface area contributed by atoms with Crippen molar-refractivity contribution >= 4 is 16.9 Å². The molecule has 0 saturated carbocycles. The van der Waals surface area contributed by atoms with E-state index in [1.807, 2.05) is 18.2 Å². The largest absolute Gasteiger partial charge is 0.493 e. The van der Waals surface area contributed by atoms with Gasteiger partial charge in [-0.05, 0) is 6.07 Å². The van der Waals surface area contributed by atoms with Gasteiger partial charge in [0.05, 0.1) is 7.11 Å². The number of hydrogen-bond acceptors (Lipinski definition) is 3. The Morgan fingerprint density at radius 1 is 1.42 bits per heavy atom. The predicted molar refractivity (Wildman–Crippen MR) is 47.2 cm³/mol. The topological polar surface area (TPSA) is 48.4 Å². The molecule has 0 aliphatic carbocycles. The molecule has 0 aliphatic heterocycles. The molecular weight excluding hydrogens is 154 g/mol. The number of nitrogen functional groups attached to an aromatic ring is 1. The average molecular weight is 163 g/mol. The molecule has 1 heterocycles. The Morgan fingerprint density at radius 2 is 2.25 bits per heavy atom. The van der Waals surface area contributed by atoms with Gasteiger partial charge in [-0.2, -0.15) is 0 Å². The fourth-order valence-corrected chi connectivity index (χ4v) is 1.22. The van der Waals surface area contributed by atoms with Gasteiger partial charge in [-0.3, -0.25) is 0 Å². The number of para-hydroxylation sites is 1. The standard InChI is InChI=1S/C9H9NO2/c1-11-7-4-2-3-6-5-8(10)12-9(6)7/h2-5H,10H2,1H3. The number of furan rings is 1. The normalized spacial score (nSPS) is 10.4. The van der Waals surface area contributed by atoms with Gasteiger partial charge in [0.25, 0.3) is 0 Å². The first-order valence-corrected chi connectivity index (χ1v) is 3.63. The van der Waals surface area contributed by atoms with E-state index >= 15 is 0 Å². The summed E-state index contributed by atoms with van der Waals surface area (Å²) in [6.07, 6.45) is 0. The maximum atomic E-state index is 5.49. The second-order valence-corrected chi connectivity index (χ2v) is 2.53. The molecule has 0 saturated heterocycles. The molecule has 0 fully saturated rings. The van der Waals surface area contributed by atoms with Gasteiger partial charge in [0, 0.05) is 11.5 Å². The smallest absolute Gasteiger partial charge is 0.191 e. The van der Waals surface area contributed by atoms with Crippen LogP contribution in [0.3, 0.4) is 0 Å². The third kappa shape index (κ3) is 0.906. The highest BCUT2D eigenvalue weighted by atomic mass is 16.5. The predicted octanol–water partition coefficient (Wildman–Crippen LogP) is 2.02. The van der Waals surface area contributed by atoms with Crippen molar-refractivity contribution in [2.45, 2.75) is 0 Å². The number of methoxy groups -OCH3 is 1. The summed E-state index contributed by atoms with van der Waals surface area (Å²) in [5.74, 6) is 1.12. The summed E-state index contributed by atoms with van der Waals surface area (Å²) in [6.45, 7) is 0. The van der Waals surface area contributed by atoms with Crippen LogP contribution in [0.2, 0.25) is 0 Å². The van der Waals surface area contributed by atoms with Crippen molar-refractivity contribution in [3.8, 4) is 5.75 Å². The summed E-state index contributed by atoms with van der Waals surface area (Å²) in [6, 6.07) is 7.44. The van der Waals surface area contributed by atoms with Crippen LogP contribution in [0, 0.1) is 0 Å². The van der Waals surface area contributed by atoms with E-state index in [2.05, 4.69) is 0 Å². The lowest BCUT2D eigenvalue weighted by atomic mass is 10.2. The van der Waals surface area contributed by atoms with E-state index in [9.17, 15) is 0 Å². The van der Waals surface area contributed by atoms with E-state index in [1.54, 1.807) is 13.2 Å². The van der Waals surface area contributed by atoms with Gasteiger partial charge >= 0.3 is 0 Å². The lowest BCUT2D eigenvalue weighted by molar-refractivity contribution is 0.411. The van der Waals surface area contributed by atoms with Crippen LogP contribution in [0.1, 0.15) is 0 Å². The molecule has 0 bridgehead atoms. The number of hydrogen-bond donors (Lipinski definition) is 1. The highest BCUT2D eigenvalue weighted by Crippen LogP contribution is 2.28. The fraction of sp³-hybridized carbons (Fsp3) is 0.111. The highest BCUT2D eigenvalue weighted by Gasteiger charge is 2.05. The summed E-state index contributed by atoms with van der Waals surface area (Å²) in [5.41, 5.74) is 6.20. The first-order chi connectivity index (χ1) is 5.81. The van der Waals surface area contributed by atoms with Crippen LogP contribution in [0.25, 0.3) is 11.0 Å². The minimum absolute atomic E-state index is 0.412. The molecular formula is C9H9NO2. The zero-order chi connectivity index (χ0) is 8.55. The zero-order valence-electron chi connectivity index (χ0n) is 6.70. The second kappa shape index (κ2) is 2.44. The number of nitrogens with two attached hydrogens (primary N) is 1. The minimum Gasteiger partial charge on any atom is -0.493 e. The SMILES string of the molecule is COc1cccc2cc(N)oc12. The molecule has 0 unspecified atom stereocenters. The number of benzene rings is 1. The highest BCUT2D eigenvalue weighted by molar-refractivity contribution is 5.85. The Morgan fingerprint density at radius 3 is 3.00 bits per heavy atom. The Balaban J connectivity index is 2.78. The minimum atomic E-state index is 0.412. The Hall–Kier alpha value is -1.64. The van der Waals surface area contributed by atoms with Gasteiger partial charge in [0.15, 0.2) is 17.2 Å². The van der Waals surface area contributed by atoms with E-state index in [-0.39, 0.29) is 0 Å². The average Bonchev–Trinajstić information content (AvgIpc) is 2.44. The lowest BCUT2D eigenvalue weighted by Gasteiger charge is -1.97. The fourth-order valence-electron chi connectivity index (χ4n) is 1.22. The molecule has 62 valence electrons. The molecule has 0 amide bonds. The molecule has 3 heteroatoms. The molecule has 1 aromatic heterocycles. The molecule has 2 rings (SSSR count). The van der Waals surface area contributed by atoms with E-state index < -0.39 is 0 Å². The number of anilines is 1. The Labute approximate surface area is 69.7 Å².